The summed E-state index contributed by atoms with van der Waals surface area (Å²) < 4.78 is 7.27. The van der Waals surface area contributed by atoms with Gasteiger partial charge in [-0.15, -0.1) is 0 Å². The molecule has 0 aromatic heterocycles. The van der Waals surface area contributed by atoms with Crippen LogP contribution in [0.5, 0.6) is 5.75 Å². The second-order valence-electron chi connectivity index (χ2n) is 14.5. The largest absolute Gasteiger partial charge is 0.460 e. The number of ether oxygens (including phenoxy) is 1. The van der Waals surface area contributed by atoms with E-state index < -0.39 is 17.3 Å². The van der Waals surface area contributed by atoms with E-state index in [0.717, 1.165) is 75.6 Å². The molecule has 6 aromatic rings. The van der Waals surface area contributed by atoms with Crippen molar-refractivity contribution in [3.63, 3.8) is 0 Å². The Hall–Kier alpha value is -6.27. The summed E-state index contributed by atoms with van der Waals surface area (Å²) in [5.41, 5.74) is 10.6. The molecule has 0 bridgehead atoms. The van der Waals surface area contributed by atoms with E-state index >= 15 is 0 Å². The van der Waals surface area contributed by atoms with Crippen molar-refractivity contribution in [3.8, 4) is 16.9 Å². The fourth-order valence-corrected chi connectivity index (χ4v) is 9.17. The molecular formula is C46H33N3O3. The van der Waals surface area contributed by atoms with E-state index in [4.69, 9.17) is 9.73 Å². The Morgan fingerprint density at radius 2 is 1.56 bits per heavy atom. The number of Topliss-reactive ketones (excluding diaryl/α,β-unsaturated/α-hetero) is 2. The molecule has 1 unspecified atom stereocenters. The van der Waals surface area contributed by atoms with Crippen LogP contribution in [0.2, 0.25) is 0 Å². The lowest BCUT2D eigenvalue weighted by atomic mass is 9.92. The highest BCUT2D eigenvalue weighted by Crippen LogP contribution is 2.51. The third kappa shape index (κ3) is 4.15. The molecule has 1 atom stereocenters. The van der Waals surface area contributed by atoms with E-state index in [1.807, 2.05) is 30.5 Å². The predicted octanol–water partition coefficient (Wildman–Crippen LogP) is 9.91. The van der Waals surface area contributed by atoms with Gasteiger partial charge >= 0.3 is 0 Å². The van der Waals surface area contributed by atoms with Crippen LogP contribution in [0, 0.1) is 0 Å². The van der Waals surface area contributed by atoms with Crippen LogP contribution < -0.4 is 14.5 Å². The van der Waals surface area contributed by atoms with Crippen molar-refractivity contribution >= 4 is 56.4 Å². The molecule has 6 heteroatoms. The van der Waals surface area contributed by atoms with Gasteiger partial charge in [-0.3, -0.25) is 14.6 Å². The molecule has 0 saturated carbocycles. The van der Waals surface area contributed by atoms with Crippen LogP contribution in [0.15, 0.2) is 138 Å². The summed E-state index contributed by atoms with van der Waals surface area (Å²) in [5, 5.41) is 3.78. The average molecular weight is 676 g/mol. The summed E-state index contributed by atoms with van der Waals surface area (Å²) >= 11 is 0. The van der Waals surface area contributed by atoms with Gasteiger partial charge in [-0.2, -0.15) is 0 Å². The SMILES string of the molecule is O=C1C(=O)c2ccc(-c3ccc4c5c(cc(N6CCC7=C6C=CCC7)c4c3)OC3(C=N5)Cc4ccccc4N3Cc3ccccc3)c3cccc1c23. The van der Waals surface area contributed by atoms with Gasteiger partial charge in [-0.25, -0.2) is 0 Å². The second kappa shape index (κ2) is 10.9. The lowest BCUT2D eigenvalue weighted by Gasteiger charge is -2.40. The van der Waals surface area contributed by atoms with E-state index in [0.29, 0.717) is 24.1 Å². The normalized spacial score (nSPS) is 19.6. The number of nitrogens with zero attached hydrogens (tertiary/aromatic N) is 3. The van der Waals surface area contributed by atoms with Crippen molar-refractivity contribution in [2.45, 2.75) is 38.0 Å². The van der Waals surface area contributed by atoms with Gasteiger partial charge in [0.05, 0.1) is 11.9 Å². The zero-order valence-electron chi connectivity index (χ0n) is 28.4. The Morgan fingerprint density at radius 1 is 0.731 bits per heavy atom. The summed E-state index contributed by atoms with van der Waals surface area (Å²) in [6, 6.07) is 37.4. The number of fused-ring (bicyclic) bond motifs is 4. The monoisotopic (exact) mass is 675 g/mol. The smallest absolute Gasteiger partial charge is 0.234 e. The molecule has 250 valence electrons. The first kappa shape index (κ1) is 29.5. The Morgan fingerprint density at radius 3 is 2.46 bits per heavy atom. The lowest BCUT2D eigenvalue weighted by molar-refractivity contribution is 0.0825. The molecule has 0 N–H and O–H groups in total. The van der Waals surface area contributed by atoms with Crippen LogP contribution in [0.3, 0.4) is 0 Å². The van der Waals surface area contributed by atoms with Crippen LogP contribution in [0.4, 0.5) is 17.1 Å². The number of ketones is 2. The second-order valence-corrected chi connectivity index (χ2v) is 14.5. The summed E-state index contributed by atoms with van der Waals surface area (Å²) in [6.07, 6.45) is 10.5. The van der Waals surface area contributed by atoms with Crippen LogP contribution in [-0.2, 0) is 13.0 Å². The first-order chi connectivity index (χ1) is 25.6. The molecule has 52 heavy (non-hydrogen) atoms. The van der Waals surface area contributed by atoms with E-state index in [1.165, 1.54) is 28.1 Å². The Labute approximate surface area is 301 Å². The topological polar surface area (TPSA) is 62.2 Å². The van der Waals surface area contributed by atoms with Gasteiger partial charge in [0.15, 0.2) is 5.75 Å². The number of hydrogen-bond acceptors (Lipinski definition) is 6. The minimum Gasteiger partial charge on any atom is -0.460 e. The molecule has 5 aliphatic rings. The molecule has 0 radical (unpaired) electrons. The number of anilines is 2. The number of carbonyl (C=O) groups excluding carboxylic acids is 2. The Kier molecular flexibility index (Phi) is 6.16. The fourth-order valence-electron chi connectivity index (χ4n) is 9.17. The van der Waals surface area contributed by atoms with Gasteiger partial charge in [0, 0.05) is 64.2 Å². The number of carbonyl (C=O) groups is 2. The first-order valence-corrected chi connectivity index (χ1v) is 18.1. The quantitative estimate of drug-likeness (QED) is 0.174. The summed E-state index contributed by atoms with van der Waals surface area (Å²) in [4.78, 5) is 35.7. The van der Waals surface area contributed by atoms with Crippen LogP contribution >= 0.6 is 0 Å². The van der Waals surface area contributed by atoms with Gasteiger partial charge in [0.2, 0.25) is 17.3 Å². The highest BCUT2D eigenvalue weighted by atomic mass is 16.5. The molecule has 0 saturated heterocycles. The van der Waals surface area contributed by atoms with Gasteiger partial charge in [0.1, 0.15) is 5.69 Å². The standard InChI is InChI=1S/C46H33N3O3/c50-44-35-14-8-13-33-32(19-20-36(42(33)35)45(44)51)30-17-18-34-37(23-30)40(48-22-21-29-11-4-6-15-38(29)48)24-41-43(34)47-27-46(52-41)25-31-12-5-7-16-39(31)49(46)26-28-9-2-1-3-10-28/h1-3,5-10,12-20,23-24,27H,4,11,21-22,25-26H2. The number of para-hydroxylation sites is 1. The molecule has 2 aliphatic carbocycles. The fraction of sp³-hybridized carbons (Fsp3) is 0.152. The highest BCUT2D eigenvalue weighted by Gasteiger charge is 2.47. The van der Waals surface area contributed by atoms with Crippen LogP contribution in [0.1, 0.15) is 51.1 Å². The molecule has 1 spiro atoms. The zero-order chi connectivity index (χ0) is 34.6. The van der Waals surface area contributed by atoms with Crippen molar-refractivity contribution in [1.29, 1.82) is 0 Å². The lowest BCUT2D eigenvalue weighted by Crippen LogP contribution is -2.53. The van der Waals surface area contributed by atoms with Gasteiger partial charge in [-0.1, -0.05) is 91.0 Å². The van der Waals surface area contributed by atoms with E-state index in [-0.39, 0.29) is 0 Å². The van der Waals surface area contributed by atoms with Crippen LogP contribution in [0.25, 0.3) is 32.7 Å². The number of benzene rings is 6. The highest BCUT2D eigenvalue weighted by molar-refractivity contribution is 6.57. The molecule has 3 heterocycles. The summed E-state index contributed by atoms with van der Waals surface area (Å²) in [6.45, 7) is 1.60. The zero-order valence-corrected chi connectivity index (χ0v) is 28.4. The number of rotatable bonds is 4. The maximum absolute atomic E-state index is 12.8. The minimum atomic E-state index is -0.767. The van der Waals surface area contributed by atoms with Crippen molar-refractivity contribution < 1.29 is 14.3 Å². The number of allylic oxidation sites excluding steroid dienone is 2. The Bertz CT molecular complexity index is 2650. The summed E-state index contributed by atoms with van der Waals surface area (Å²) in [7, 11) is 0. The maximum Gasteiger partial charge on any atom is 0.234 e. The molecular weight excluding hydrogens is 643 g/mol. The third-order valence-electron chi connectivity index (χ3n) is 11.6. The van der Waals surface area contributed by atoms with E-state index in [2.05, 4.69) is 101 Å². The maximum atomic E-state index is 12.8. The molecule has 3 aliphatic heterocycles. The predicted molar refractivity (Wildman–Crippen MR) is 207 cm³/mol. The molecule has 11 rings (SSSR count). The average Bonchev–Trinajstić information content (AvgIpc) is 3.82. The van der Waals surface area contributed by atoms with Crippen molar-refractivity contribution in [1.82, 2.24) is 0 Å². The number of aliphatic imine (C=N–C) groups is 1. The molecule has 0 fully saturated rings. The molecule has 0 amide bonds. The number of hydrogen-bond donors (Lipinski definition) is 0. The van der Waals surface area contributed by atoms with Crippen LogP contribution in [-0.4, -0.2) is 30.1 Å². The van der Waals surface area contributed by atoms with Gasteiger partial charge in [-0.05, 0) is 76.8 Å². The van der Waals surface area contributed by atoms with Crippen molar-refractivity contribution in [2.75, 3.05) is 16.3 Å². The molecule has 6 aromatic carbocycles. The van der Waals surface area contributed by atoms with Gasteiger partial charge in [0.25, 0.3) is 0 Å². The van der Waals surface area contributed by atoms with Crippen molar-refractivity contribution in [2.24, 2.45) is 4.99 Å². The van der Waals surface area contributed by atoms with Crippen molar-refractivity contribution in [3.05, 3.63) is 155 Å². The minimum absolute atomic E-state index is 0.424. The van der Waals surface area contributed by atoms with Gasteiger partial charge < -0.3 is 14.5 Å². The Balaban J connectivity index is 1.09. The molecule has 6 nitrogen and oxygen atoms in total. The summed E-state index contributed by atoms with van der Waals surface area (Å²) in [5.74, 6) is -0.0703. The van der Waals surface area contributed by atoms with E-state index in [9.17, 15) is 9.59 Å². The van der Waals surface area contributed by atoms with E-state index in [1.54, 1.807) is 6.07 Å². The first-order valence-electron chi connectivity index (χ1n) is 18.1. The third-order valence-corrected chi connectivity index (χ3v) is 11.6.